The number of benzene rings is 1. The first-order chi connectivity index (χ1) is 9.61. The Morgan fingerprint density at radius 1 is 1.30 bits per heavy atom. The monoisotopic (exact) mass is 278 g/mol. The maximum absolute atomic E-state index is 9.96. The van der Waals surface area contributed by atoms with Gasteiger partial charge in [0.2, 0.25) is 0 Å². The molecule has 0 saturated carbocycles. The van der Waals surface area contributed by atoms with E-state index < -0.39 is 0 Å². The number of nitrogens with one attached hydrogen (secondary N) is 1. The molecule has 1 atom stereocenters. The summed E-state index contributed by atoms with van der Waals surface area (Å²) in [6.07, 6.45) is 3.67. The average molecular weight is 278 g/mol. The molecule has 4 heteroatoms. The Hall–Kier alpha value is -1.26. The van der Waals surface area contributed by atoms with Crippen LogP contribution in [0, 0.1) is 5.92 Å². The molecule has 0 aromatic heterocycles. The number of likely N-dealkylation sites (tertiary alicyclic amines) is 1. The molecule has 0 bridgehead atoms. The van der Waals surface area contributed by atoms with Crippen LogP contribution in [0.1, 0.15) is 37.8 Å². The summed E-state index contributed by atoms with van der Waals surface area (Å²) < 4.78 is 0. The van der Waals surface area contributed by atoms with Crippen LogP contribution in [0.4, 0.5) is 0 Å². The summed E-state index contributed by atoms with van der Waals surface area (Å²) in [5, 5.41) is 22.8. The van der Waals surface area contributed by atoms with Gasteiger partial charge >= 0.3 is 0 Å². The Balaban J connectivity index is 1.94. The molecule has 0 radical (unpaired) electrons. The van der Waals surface area contributed by atoms with Gasteiger partial charge in [-0.3, -0.25) is 4.90 Å². The van der Waals surface area contributed by atoms with Crippen LogP contribution in [0.3, 0.4) is 0 Å². The molecule has 1 heterocycles. The van der Waals surface area contributed by atoms with Gasteiger partial charge in [0, 0.05) is 11.6 Å². The van der Waals surface area contributed by atoms with E-state index in [4.69, 9.17) is 0 Å². The van der Waals surface area contributed by atoms with E-state index in [-0.39, 0.29) is 17.5 Å². The first kappa shape index (κ1) is 15.1. The lowest BCUT2D eigenvalue weighted by Gasteiger charge is -2.36. The van der Waals surface area contributed by atoms with Crippen molar-refractivity contribution in [3.8, 4) is 11.5 Å². The highest BCUT2D eigenvalue weighted by Gasteiger charge is 2.24. The van der Waals surface area contributed by atoms with Crippen molar-refractivity contribution in [1.82, 2.24) is 10.2 Å². The largest absolute Gasteiger partial charge is 0.508 e. The van der Waals surface area contributed by atoms with Crippen LogP contribution in [0.5, 0.6) is 11.5 Å². The molecule has 20 heavy (non-hydrogen) atoms. The molecule has 0 aliphatic carbocycles. The van der Waals surface area contributed by atoms with Crippen molar-refractivity contribution in [2.45, 2.75) is 32.2 Å². The summed E-state index contributed by atoms with van der Waals surface area (Å²) in [4.78, 5) is 2.39. The Morgan fingerprint density at radius 3 is 2.65 bits per heavy atom. The van der Waals surface area contributed by atoms with Gasteiger partial charge in [-0.05, 0) is 77.0 Å². The minimum absolute atomic E-state index is 0.146. The Morgan fingerprint density at radius 2 is 2.00 bits per heavy atom. The van der Waals surface area contributed by atoms with E-state index in [1.54, 1.807) is 12.1 Å². The standard InChI is InChI=1S/C16H26N2O2/c1-12(15-11-14(19)3-4-16(15)20)18-9-6-13(7-10-18)5-8-17-2/h3-4,11-13,17,19-20H,5-10H2,1-2H3. The van der Waals surface area contributed by atoms with Crippen molar-refractivity contribution in [2.24, 2.45) is 5.92 Å². The molecule has 0 spiro atoms. The molecular formula is C16H26N2O2. The number of phenolic OH excluding ortho intramolecular Hbond substituents is 2. The highest BCUT2D eigenvalue weighted by Crippen LogP contribution is 2.33. The molecule has 1 aromatic rings. The van der Waals surface area contributed by atoms with Crippen LogP contribution in [0.15, 0.2) is 18.2 Å². The molecule has 1 saturated heterocycles. The Labute approximate surface area is 121 Å². The minimum atomic E-state index is 0.146. The van der Waals surface area contributed by atoms with E-state index >= 15 is 0 Å². The minimum Gasteiger partial charge on any atom is -0.508 e. The number of piperidine rings is 1. The first-order valence-corrected chi connectivity index (χ1v) is 7.52. The number of hydrogen-bond donors (Lipinski definition) is 3. The maximum atomic E-state index is 9.96. The smallest absolute Gasteiger partial charge is 0.120 e. The predicted molar refractivity (Wildman–Crippen MR) is 81.0 cm³/mol. The number of aromatic hydroxyl groups is 2. The lowest BCUT2D eigenvalue weighted by molar-refractivity contribution is 0.136. The normalized spacial score (nSPS) is 19.1. The van der Waals surface area contributed by atoms with E-state index in [2.05, 4.69) is 17.1 Å². The van der Waals surface area contributed by atoms with Gasteiger partial charge in [-0.2, -0.15) is 0 Å². The van der Waals surface area contributed by atoms with Gasteiger partial charge in [-0.1, -0.05) is 0 Å². The fraction of sp³-hybridized carbons (Fsp3) is 0.625. The zero-order chi connectivity index (χ0) is 14.5. The van der Waals surface area contributed by atoms with Crippen molar-refractivity contribution in [3.05, 3.63) is 23.8 Å². The molecule has 0 amide bonds. The fourth-order valence-corrected chi connectivity index (χ4v) is 3.05. The van der Waals surface area contributed by atoms with Crippen LogP contribution in [-0.4, -0.2) is 41.8 Å². The number of phenols is 2. The van der Waals surface area contributed by atoms with Crippen molar-refractivity contribution in [2.75, 3.05) is 26.7 Å². The molecule has 1 aliphatic rings. The second kappa shape index (κ2) is 6.95. The molecule has 4 nitrogen and oxygen atoms in total. The molecular weight excluding hydrogens is 252 g/mol. The van der Waals surface area contributed by atoms with Gasteiger partial charge in [-0.15, -0.1) is 0 Å². The van der Waals surface area contributed by atoms with Crippen LogP contribution < -0.4 is 5.32 Å². The van der Waals surface area contributed by atoms with E-state index in [0.29, 0.717) is 0 Å². The van der Waals surface area contributed by atoms with Crippen molar-refractivity contribution < 1.29 is 10.2 Å². The maximum Gasteiger partial charge on any atom is 0.120 e. The molecule has 2 rings (SSSR count). The van der Waals surface area contributed by atoms with Crippen molar-refractivity contribution in [1.29, 1.82) is 0 Å². The van der Waals surface area contributed by atoms with Crippen molar-refractivity contribution >= 4 is 0 Å². The number of hydrogen-bond acceptors (Lipinski definition) is 4. The van der Waals surface area contributed by atoms with Crippen LogP contribution in [-0.2, 0) is 0 Å². The third-order valence-electron chi connectivity index (χ3n) is 4.46. The Bertz CT molecular complexity index is 428. The number of rotatable bonds is 5. The van der Waals surface area contributed by atoms with Crippen molar-refractivity contribution in [3.63, 3.8) is 0 Å². The van der Waals surface area contributed by atoms with Gasteiger partial charge in [0.15, 0.2) is 0 Å². The van der Waals surface area contributed by atoms with Gasteiger partial charge in [-0.25, -0.2) is 0 Å². The lowest BCUT2D eigenvalue weighted by atomic mass is 9.92. The van der Waals surface area contributed by atoms with E-state index in [9.17, 15) is 10.2 Å². The lowest BCUT2D eigenvalue weighted by Crippen LogP contribution is -2.36. The van der Waals surface area contributed by atoms with Crippen LogP contribution in [0.25, 0.3) is 0 Å². The van der Waals surface area contributed by atoms with Gasteiger partial charge in [0.1, 0.15) is 11.5 Å². The van der Waals surface area contributed by atoms with Gasteiger partial charge in [0.25, 0.3) is 0 Å². The van der Waals surface area contributed by atoms with E-state index in [1.807, 2.05) is 7.05 Å². The molecule has 1 fully saturated rings. The third kappa shape index (κ3) is 3.64. The molecule has 1 unspecified atom stereocenters. The predicted octanol–water partition coefficient (Wildman–Crippen LogP) is 2.48. The highest BCUT2D eigenvalue weighted by molar-refractivity contribution is 5.40. The number of nitrogens with zero attached hydrogens (tertiary/aromatic N) is 1. The highest BCUT2D eigenvalue weighted by atomic mass is 16.3. The van der Waals surface area contributed by atoms with E-state index in [0.717, 1.165) is 31.1 Å². The molecule has 1 aliphatic heterocycles. The Kier molecular flexibility index (Phi) is 5.26. The van der Waals surface area contributed by atoms with E-state index in [1.165, 1.54) is 25.3 Å². The molecule has 3 N–H and O–H groups in total. The SMILES string of the molecule is CNCCC1CCN(C(C)c2cc(O)ccc2O)CC1. The second-order valence-electron chi connectivity index (χ2n) is 5.79. The van der Waals surface area contributed by atoms with Gasteiger partial charge in [0.05, 0.1) is 0 Å². The zero-order valence-electron chi connectivity index (χ0n) is 12.5. The summed E-state index contributed by atoms with van der Waals surface area (Å²) in [6, 6.07) is 4.91. The third-order valence-corrected chi connectivity index (χ3v) is 4.46. The second-order valence-corrected chi connectivity index (χ2v) is 5.79. The average Bonchev–Trinajstić information content (AvgIpc) is 2.47. The van der Waals surface area contributed by atoms with Gasteiger partial charge < -0.3 is 15.5 Å². The fourth-order valence-electron chi connectivity index (χ4n) is 3.05. The molecule has 1 aromatic carbocycles. The summed E-state index contributed by atoms with van der Waals surface area (Å²) in [7, 11) is 2.00. The quantitative estimate of drug-likeness (QED) is 0.724. The summed E-state index contributed by atoms with van der Waals surface area (Å²) in [5.41, 5.74) is 0.818. The summed E-state index contributed by atoms with van der Waals surface area (Å²) in [5.74, 6) is 1.30. The topological polar surface area (TPSA) is 55.7 Å². The molecule has 112 valence electrons. The first-order valence-electron chi connectivity index (χ1n) is 7.52. The van der Waals surface area contributed by atoms with Crippen LogP contribution in [0.2, 0.25) is 0 Å². The zero-order valence-corrected chi connectivity index (χ0v) is 12.5. The summed E-state index contributed by atoms with van der Waals surface area (Å²) in [6.45, 7) is 5.31. The van der Waals surface area contributed by atoms with Crippen LogP contribution >= 0.6 is 0 Å². The summed E-state index contributed by atoms with van der Waals surface area (Å²) >= 11 is 0.